The first-order chi connectivity index (χ1) is 7.66. The molecule has 1 aromatic heterocycles. The van der Waals surface area contributed by atoms with Crippen LogP contribution in [0.25, 0.3) is 11.1 Å². The van der Waals surface area contributed by atoms with Crippen molar-refractivity contribution in [3.8, 4) is 11.1 Å². The number of hydrogen-bond acceptors (Lipinski definition) is 2. The molecule has 1 unspecified atom stereocenters. The molecule has 0 aliphatic rings. The maximum Gasteiger partial charge on any atom is 0.145 e. The largest absolute Gasteiger partial charge is 0.239 e. The third-order valence-corrected chi connectivity index (χ3v) is 2.87. The van der Waals surface area contributed by atoms with E-state index in [0.717, 1.165) is 15.6 Å². The van der Waals surface area contributed by atoms with Gasteiger partial charge in [0.1, 0.15) is 5.82 Å². The number of rotatable bonds is 2. The van der Waals surface area contributed by atoms with Crippen molar-refractivity contribution in [2.24, 2.45) is 0 Å². The van der Waals surface area contributed by atoms with E-state index in [4.69, 9.17) is 11.6 Å². The summed E-state index contributed by atoms with van der Waals surface area (Å²) < 4.78 is 1.04. The van der Waals surface area contributed by atoms with Gasteiger partial charge in [0.2, 0.25) is 0 Å². The summed E-state index contributed by atoms with van der Waals surface area (Å²) in [5.74, 6) is 0.653. The molecule has 0 fully saturated rings. The van der Waals surface area contributed by atoms with E-state index in [-0.39, 0.29) is 5.38 Å². The number of alkyl halides is 1. The van der Waals surface area contributed by atoms with Crippen LogP contribution in [-0.4, -0.2) is 9.97 Å². The summed E-state index contributed by atoms with van der Waals surface area (Å²) in [6, 6.07) is 8.02. The molecule has 2 rings (SSSR count). The molecule has 2 nitrogen and oxygen atoms in total. The lowest BCUT2D eigenvalue weighted by molar-refractivity contribution is 0.911. The fraction of sp³-hybridized carbons (Fsp3) is 0.167. The molecule has 82 valence electrons. The lowest BCUT2D eigenvalue weighted by Crippen LogP contribution is -1.94. The van der Waals surface area contributed by atoms with Crippen LogP contribution in [0, 0.1) is 0 Å². The van der Waals surface area contributed by atoms with E-state index < -0.39 is 0 Å². The lowest BCUT2D eigenvalue weighted by atomic mass is 10.1. The molecule has 1 heterocycles. The molecule has 0 saturated heterocycles. The zero-order valence-electron chi connectivity index (χ0n) is 8.69. The van der Waals surface area contributed by atoms with Crippen LogP contribution in [0.15, 0.2) is 41.1 Å². The van der Waals surface area contributed by atoms with Crippen molar-refractivity contribution in [3.63, 3.8) is 0 Å². The first-order valence-electron chi connectivity index (χ1n) is 4.89. The number of halogens is 2. The third-order valence-electron chi connectivity index (χ3n) is 2.19. The van der Waals surface area contributed by atoms with Gasteiger partial charge in [-0.3, -0.25) is 0 Å². The molecule has 16 heavy (non-hydrogen) atoms. The first-order valence-corrected chi connectivity index (χ1v) is 6.11. The Bertz CT molecular complexity index is 483. The highest BCUT2D eigenvalue weighted by Gasteiger charge is 2.05. The average molecular weight is 298 g/mol. The zero-order valence-corrected chi connectivity index (χ0v) is 11.0. The summed E-state index contributed by atoms with van der Waals surface area (Å²) in [5.41, 5.74) is 2.07. The van der Waals surface area contributed by atoms with Crippen molar-refractivity contribution in [1.82, 2.24) is 9.97 Å². The van der Waals surface area contributed by atoms with Crippen molar-refractivity contribution in [2.45, 2.75) is 12.3 Å². The molecule has 0 amide bonds. The Morgan fingerprint density at radius 2 is 1.88 bits per heavy atom. The van der Waals surface area contributed by atoms with Crippen LogP contribution in [0.4, 0.5) is 0 Å². The Morgan fingerprint density at radius 1 is 1.19 bits per heavy atom. The van der Waals surface area contributed by atoms with Gasteiger partial charge in [-0.05, 0) is 24.6 Å². The van der Waals surface area contributed by atoms with Gasteiger partial charge in [0.25, 0.3) is 0 Å². The Balaban J connectivity index is 2.35. The first kappa shape index (κ1) is 11.6. The normalized spacial score (nSPS) is 12.4. The van der Waals surface area contributed by atoms with Gasteiger partial charge in [0.15, 0.2) is 0 Å². The second-order valence-corrected chi connectivity index (χ2v) is 5.03. The number of hydrogen-bond donors (Lipinski definition) is 0. The van der Waals surface area contributed by atoms with Gasteiger partial charge >= 0.3 is 0 Å². The molecule has 1 atom stereocenters. The molecule has 0 bridgehead atoms. The summed E-state index contributed by atoms with van der Waals surface area (Å²) in [6.07, 6.45) is 3.59. The van der Waals surface area contributed by atoms with E-state index in [0.29, 0.717) is 5.82 Å². The summed E-state index contributed by atoms with van der Waals surface area (Å²) in [7, 11) is 0. The quantitative estimate of drug-likeness (QED) is 0.776. The molecule has 0 radical (unpaired) electrons. The van der Waals surface area contributed by atoms with Crippen molar-refractivity contribution < 1.29 is 0 Å². The fourth-order valence-corrected chi connectivity index (χ4v) is 1.87. The second-order valence-electron chi connectivity index (χ2n) is 3.46. The van der Waals surface area contributed by atoms with Crippen LogP contribution in [0.2, 0.25) is 0 Å². The highest BCUT2D eigenvalue weighted by Crippen LogP contribution is 2.23. The van der Waals surface area contributed by atoms with Crippen molar-refractivity contribution >= 4 is 27.5 Å². The molecule has 0 saturated carbocycles. The highest BCUT2D eigenvalue weighted by atomic mass is 79.9. The maximum absolute atomic E-state index is 5.89. The monoisotopic (exact) mass is 296 g/mol. The number of benzene rings is 1. The zero-order chi connectivity index (χ0) is 11.5. The summed E-state index contributed by atoms with van der Waals surface area (Å²) in [5, 5.41) is -0.156. The van der Waals surface area contributed by atoms with Gasteiger partial charge in [-0.2, -0.15) is 0 Å². The Kier molecular flexibility index (Phi) is 3.56. The Morgan fingerprint density at radius 3 is 2.44 bits per heavy atom. The predicted molar refractivity (Wildman–Crippen MR) is 69.4 cm³/mol. The van der Waals surface area contributed by atoms with Crippen LogP contribution >= 0.6 is 27.5 Å². The van der Waals surface area contributed by atoms with Crippen LogP contribution in [0.1, 0.15) is 18.1 Å². The molecule has 0 spiro atoms. The van der Waals surface area contributed by atoms with Crippen LogP contribution in [-0.2, 0) is 0 Å². The van der Waals surface area contributed by atoms with Gasteiger partial charge in [0.05, 0.1) is 5.38 Å². The second kappa shape index (κ2) is 4.93. The molecule has 0 aliphatic heterocycles. The van der Waals surface area contributed by atoms with Crippen molar-refractivity contribution in [2.75, 3.05) is 0 Å². The molecule has 4 heteroatoms. The molecule has 0 N–H and O–H groups in total. The molecular formula is C12H10BrClN2. The van der Waals surface area contributed by atoms with Crippen LogP contribution in [0.5, 0.6) is 0 Å². The highest BCUT2D eigenvalue weighted by molar-refractivity contribution is 9.10. The molecule has 2 aromatic rings. The average Bonchev–Trinajstić information content (AvgIpc) is 2.29. The van der Waals surface area contributed by atoms with Gasteiger partial charge in [-0.1, -0.05) is 28.1 Å². The van der Waals surface area contributed by atoms with E-state index in [1.807, 2.05) is 31.2 Å². The van der Waals surface area contributed by atoms with E-state index >= 15 is 0 Å². The summed E-state index contributed by atoms with van der Waals surface area (Å²) in [6.45, 7) is 1.86. The SMILES string of the molecule is CC(Cl)c1ncc(-c2cccc(Br)c2)cn1. The summed E-state index contributed by atoms with van der Waals surface area (Å²) in [4.78, 5) is 8.45. The smallest absolute Gasteiger partial charge is 0.145 e. The van der Waals surface area contributed by atoms with Gasteiger partial charge < -0.3 is 0 Å². The minimum Gasteiger partial charge on any atom is -0.239 e. The van der Waals surface area contributed by atoms with Crippen LogP contribution < -0.4 is 0 Å². The number of aromatic nitrogens is 2. The summed E-state index contributed by atoms with van der Waals surface area (Å²) >= 11 is 9.33. The van der Waals surface area contributed by atoms with E-state index in [9.17, 15) is 0 Å². The van der Waals surface area contributed by atoms with Crippen molar-refractivity contribution in [1.29, 1.82) is 0 Å². The maximum atomic E-state index is 5.89. The van der Waals surface area contributed by atoms with Gasteiger partial charge in [-0.15, -0.1) is 11.6 Å². The van der Waals surface area contributed by atoms with Crippen molar-refractivity contribution in [3.05, 3.63) is 47.0 Å². The minimum absolute atomic E-state index is 0.156. The molecule has 0 aliphatic carbocycles. The minimum atomic E-state index is -0.156. The van der Waals surface area contributed by atoms with E-state index in [1.165, 1.54) is 0 Å². The molecular weight excluding hydrogens is 288 g/mol. The van der Waals surface area contributed by atoms with E-state index in [1.54, 1.807) is 12.4 Å². The Hall–Kier alpha value is -0.930. The molecule has 1 aromatic carbocycles. The Labute approximate surface area is 108 Å². The predicted octanol–water partition coefficient (Wildman–Crippen LogP) is 4.21. The number of nitrogens with zero attached hydrogens (tertiary/aromatic N) is 2. The van der Waals surface area contributed by atoms with Crippen LogP contribution in [0.3, 0.4) is 0 Å². The topological polar surface area (TPSA) is 25.8 Å². The third kappa shape index (κ3) is 2.60. The van der Waals surface area contributed by atoms with Gasteiger partial charge in [0, 0.05) is 22.4 Å². The fourth-order valence-electron chi connectivity index (χ4n) is 1.36. The van der Waals surface area contributed by atoms with Gasteiger partial charge in [-0.25, -0.2) is 9.97 Å². The lowest BCUT2D eigenvalue weighted by Gasteiger charge is -2.04. The standard InChI is InChI=1S/C12H10BrClN2/c1-8(14)12-15-6-10(7-16-12)9-3-2-4-11(13)5-9/h2-8H,1H3. The van der Waals surface area contributed by atoms with E-state index in [2.05, 4.69) is 25.9 Å².